The summed E-state index contributed by atoms with van der Waals surface area (Å²) in [5, 5.41) is 10.4. The monoisotopic (exact) mass is 488 g/mol. The van der Waals surface area contributed by atoms with Gasteiger partial charge in [0.15, 0.2) is 0 Å². The minimum atomic E-state index is -0.0879. The Morgan fingerprint density at radius 1 is 0.743 bits per heavy atom. The standard InChI is InChI=1S/C32H56O3/c1-4-7-9-10-11-12-13-14-15-16-17-18-22-29(30-23-19-20-24-31(30)33)25-26-32(34)35-27-28(6-3)21-8-5-2/h19-20,23-24,28-29,33H,4-18,21-22,25-27H2,1-3H3. The summed E-state index contributed by atoms with van der Waals surface area (Å²) in [6.07, 6.45) is 22.9. The van der Waals surface area contributed by atoms with Crippen molar-refractivity contribution in [1.29, 1.82) is 0 Å². The Morgan fingerprint density at radius 3 is 1.89 bits per heavy atom. The minimum Gasteiger partial charge on any atom is -0.508 e. The minimum absolute atomic E-state index is 0.0879. The molecule has 0 aliphatic carbocycles. The van der Waals surface area contributed by atoms with Gasteiger partial charge in [-0.1, -0.05) is 135 Å². The lowest BCUT2D eigenvalue weighted by Gasteiger charge is -2.19. The molecule has 0 fully saturated rings. The van der Waals surface area contributed by atoms with E-state index in [0.717, 1.165) is 37.7 Å². The number of rotatable bonds is 23. The van der Waals surface area contributed by atoms with E-state index in [2.05, 4.69) is 20.8 Å². The van der Waals surface area contributed by atoms with E-state index in [1.54, 1.807) is 6.07 Å². The van der Waals surface area contributed by atoms with E-state index in [1.807, 2.05) is 18.2 Å². The van der Waals surface area contributed by atoms with Crippen molar-refractivity contribution in [3.63, 3.8) is 0 Å². The second-order valence-corrected chi connectivity index (χ2v) is 10.6. The van der Waals surface area contributed by atoms with Crippen LogP contribution in [0.2, 0.25) is 0 Å². The zero-order chi connectivity index (χ0) is 25.6. The molecule has 1 aromatic rings. The SMILES string of the molecule is CCCCCCCCCCCCCCC(CCC(=O)OCC(CC)CCCC)c1ccccc1O. The number of aromatic hydroxyl groups is 1. The Labute approximate surface area is 217 Å². The summed E-state index contributed by atoms with van der Waals surface area (Å²) in [7, 11) is 0. The predicted octanol–water partition coefficient (Wildman–Crippen LogP) is 10.1. The summed E-state index contributed by atoms with van der Waals surface area (Å²) in [4.78, 5) is 12.4. The van der Waals surface area contributed by atoms with Crippen LogP contribution in [-0.2, 0) is 9.53 Å². The normalized spacial score (nSPS) is 13.0. The molecule has 0 spiro atoms. The molecular formula is C32H56O3. The van der Waals surface area contributed by atoms with Crippen LogP contribution in [0.3, 0.4) is 0 Å². The smallest absolute Gasteiger partial charge is 0.305 e. The molecule has 35 heavy (non-hydrogen) atoms. The summed E-state index contributed by atoms with van der Waals surface area (Å²) < 4.78 is 5.62. The van der Waals surface area contributed by atoms with Crippen molar-refractivity contribution >= 4 is 5.97 Å². The van der Waals surface area contributed by atoms with Gasteiger partial charge in [0.2, 0.25) is 0 Å². The molecule has 1 rings (SSSR count). The average molecular weight is 489 g/mol. The van der Waals surface area contributed by atoms with Gasteiger partial charge in [-0.15, -0.1) is 0 Å². The van der Waals surface area contributed by atoms with Crippen LogP contribution < -0.4 is 0 Å². The highest BCUT2D eigenvalue weighted by molar-refractivity contribution is 5.69. The Kier molecular flexibility index (Phi) is 19.6. The molecule has 0 saturated heterocycles. The molecule has 0 saturated carbocycles. The number of phenols is 1. The summed E-state index contributed by atoms with van der Waals surface area (Å²) in [5.74, 6) is 0.966. The van der Waals surface area contributed by atoms with Crippen LogP contribution in [0, 0.1) is 5.92 Å². The maximum atomic E-state index is 12.4. The van der Waals surface area contributed by atoms with Gasteiger partial charge in [0, 0.05) is 6.42 Å². The third-order valence-electron chi connectivity index (χ3n) is 7.50. The third-order valence-corrected chi connectivity index (χ3v) is 7.50. The number of ether oxygens (including phenoxy) is 1. The predicted molar refractivity (Wildman–Crippen MR) is 150 cm³/mol. The second kappa shape index (κ2) is 21.7. The van der Waals surface area contributed by atoms with E-state index >= 15 is 0 Å². The highest BCUT2D eigenvalue weighted by Gasteiger charge is 2.18. The van der Waals surface area contributed by atoms with Gasteiger partial charge in [-0.3, -0.25) is 4.79 Å². The average Bonchev–Trinajstić information content (AvgIpc) is 2.87. The Balaban J connectivity index is 2.32. The topological polar surface area (TPSA) is 46.5 Å². The number of unbranched alkanes of at least 4 members (excludes halogenated alkanes) is 12. The van der Waals surface area contributed by atoms with E-state index < -0.39 is 0 Å². The molecule has 0 bridgehead atoms. The van der Waals surface area contributed by atoms with Gasteiger partial charge in [0.05, 0.1) is 6.61 Å². The molecule has 202 valence electrons. The molecule has 2 unspecified atom stereocenters. The number of para-hydroxylation sites is 1. The van der Waals surface area contributed by atoms with E-state index in [0.29, 0.717) is 24.7 Å². The van der Waals surface area contributed by atoms with E-state index in [9.17, 15) is 9.90 Å². The first kappa shape index (κ1) is 31.5. The first-order chi connectivity index (χ1) is 17.1. The van der Waals surface area contributed by atoms with E-state index in [4.69, 9.17) is 4.74 Å². The number of phenolic OH excluding ortho intramolecular Hbond substituents is 1. The summed E-state index contributed by atoms with van der Waals surface area (Å²) in [6, 6.07) is 7.64. The van der Waals surface area contributed by atoms with Crippen LogP contribution in [0.5, 0.6) is 5.75 Å². The van der Waals surface area contributed by atoms with E-state index in [-0.39, 0.29) is 11.9 Å². The second-order valence-electron chi connectivity index (χ2n) is 10.6. The maximum Gasteiger partial charge on any atom is 0.305 e. The molecule has 2 atom stereocenters. The van der Waals surface area contributed by atoms with Crippen molar-refractivity contribution < 1.29 is 14.6 Å². The highest BCUT2D eigenvalue weighted by Crippen LogP contribution is 2.33. The van der Waals surface area contributed by atoms with Crippen LogP contribution in [0.25, 0.3) is 0 Å². The molecule has 0 amide bonds. The Morgan fingerprint density at radius 2 is 1.31 bits per heavy atom. The number of carbonyl (C=O) groups excluding carboxylic acids is 1. The third kappa shape index (κ3) is 16.0. The van der Waals surface area contributed by atoms with Crippen molar-refractivity contribution in [3.05, 3.63) is 29.8 Å². The zero-order valence-electron chi connectivity index (χ0n) is 23.4. The van der Waals surface area contributed by atoms with Gasteiger partial charge in [0.25, 0.3) is 0 Å². The van der Waals surface area contributed by atoms with Gasteiger partial charge in [-0.25, -0.2) is 0 Å². The Bertz CT molecular complexity index is 627. The maximum absolute atomic E-state index is 12.4. The van der Waals surface area contributed by atoms with Crippen LogP contribution >= 0.6 is 0 Å². The molecule has 0 radical (unpaired) electrons. The fourth-order valence-corrected chi connectivity index (χ4v) is 4.99. The quantitative estimate of drug-likeness (QED) is 0.123. The fraction of sp³-hybridized carbons (Fsp3) is 0.781. The molecule has 1 N–H and O–H groups in total. The molecule has 3 heteroatoms. The number of hydrogen-bond donors (Lipinski definition) is 1. The lowest BCUT2D eigenvalue weighted by atomic mass is 9.88. The lowest BCUT2D eigenvalue weighted by Crippen LogP contribution is -2.14. The van der Waals surface area contributed by atoms with Gasteiger partial charge >= 0.3 is 5.97 Å². The largest absolute Gasteiger partial charge is 0.508 e. The molecule has 0 heterocycles. The van der Waals surface area contributed by atoms with Crippen molar-refractivity contribution in [3.8, 4) is 5.75 Å². The first-order valence-corrected chi connectivity index (χ1v) is 15.1. The highest BCUT2D eigenvalue weighted by atomic mass is 16.5. The summed E-state index contributed by atoms with van der Waals surface area (Å²) in [5.41, 5.74) is 0.984. The van der Waals surface area contributed by atoms with Crippen molar-refractivity contribution in [2.75, 3.05) is 6.61 Å². The molecule has 0 aliphatic heterocycles. The zero-order valence-corrected chi connectivity index (χ0v) is 23.4. The van der Waals surface area contributed by atoms with Crippen molar-refractivity contribution in [1.82, 2.24) is 0 Å². The van der Waals surface area contributed by atoms with Crippen molar-refractivity contribution in [2.45, 2.75) is 149 Å². The first-order valence-electron chi connectivity index (χ1n) is 15.1. The number of benzene rings is 1. The van der Waals surface area contributed by atoms with Crippen LogP contribution in [-0.4, -0.2) is 17.7 Å². The van der Waals surface area contributed by atoms with Gasteiger partial charge in [-0.2, -0.15) is 0 Å². The molecule has 3 nitrogen and oxygen atoms in total. The van der Waals surface area contributed by atoms with Gasteiger partial charge in [-0.05, 0) is 42.7 Å². The lowest BCUT2D eigenvalue weighted by molar-refractivity contribution is -0.145. The fourth-order valence-electron chi connectivity index (χ4n) is 4.99. The molecular weight excluding hydrogens is 432 g/mol. The van der Waals surface area contributed by atoms with E-state index in [1.165, 1.54) is 83.5 Å². The number of esters is 1. The summed E-state index contributed by atoms with van der Waals surface area (Å²) >= 11 is 0. The molecule has 1 aromatic carbocycles. The number of carbonyl (C=O) groups is 1. The van der Waals surface area contributed by atoms with Crippen LogP contribution in [0.1, 0.15) is 154 Å². The van der Waals surface area contributed by atoms with Gasteiger partial charge in [0.1, 0.15) is 5.75 Å². The van der Waals surface area contributed by atoms with Crippen LogP contribution in [0.4, 0.5) is 0 Å². The Hall–Kier alpha value is -1.51. The molecule has 0 aliphatic rings. The number of hydrogen-bond acceptors (Lipinski definition) is 3. The van der Waals surface area contributed by atoms with Gasteiger partial charge < -0.3 is 9.84 Å². The van der Waals surface area contributed by atoms with Crippen LogP contribution in [0.15, 0.2) is 24.3 Å². The molecule has 0 aromatic heterocycles. The summed E-state index contributed by atoms with van der Waals surface area (Å²) in [6.45, 7) is 7.21. The van der Waals surface area contributed by atoms with Crippen molar-refractivity contribution in [2.24, 2.45) is 5.92 Å².